The minimum atomic E-state index is -1.59. The molecule has 0 amide bonds. The Labute approximate surface area is 150 Å². The van der Waals surface area contributed by atoms with Crippen molar-refractivity contribution in [3.63, 3.8) is 0 Å². The highest BCUT2D eigenvalue weighted by Crippen LogP contribution is 2.33. The Bertz CT molecular complexity index is 534. The van der Waals surface area contributed by atoms with Crippen LogP contribution < -0.4 is 0 Å². The van der Waals surface area contributed by atoms with E-state index in [2.05, 4.69) is 0 Å². The molecule has 0 spiro atoms. The molecule has 5 N–H and O–H groups in total. The van der Waals surface area contributed by atoms with Crippen molar-refractivity contribution in [2.24, 2.45) is 0 Å². The van der Waals surface area contributed by atoms with E-state index in [1.807, 2.05) is 6.07 Å². The summed E-state index contributed by atoms with van der Waals surface area (Å²) in [6, 6.07) is 1.83. The van der Waals surface area contributed by atoms with Gasteiger partial charge in [-0.15, -0.1) is 0 Å². The van der Waals surface area contributed by atoms with Gasteiger partial charge in [0.05, 0.1) is 24.9 Å². The zero-order chi connectivity index (χ0) is 19.4. The fraction of sp³-hybridized carbons (Fsp3) is 0.812. The van der Waals surface area contributed by atoms with Gasteiger partial charge in [-0.2, -0.15) is 5.26 Å². The number of allylic oxidation sites excluding steroid dienone is 1. The van der Waals surface area contributed by atoms with Crippen LogP contribution in [0, 0.1) is 11.3 Å². The maximum absolute atomic E-state index is 10.5. The largest absolute Gasteiger partial charge is 0.394 e. The van der Waals surface area contributed by atoms with E-state index in [0.29, 0.717) is 0 Å². The molecule has 26 heavy (non-hydrogen) atoms. The molecule has 2 aliphatic rings. The normalized spacial score (nSPS) is 45.5. The minimum Gasteiger partial charge on any atom is -0.394 e. The molecule has 0 radical (unpaired) electrons. The van der Waals surface area contributed by atoms with Gasteiger partial charge in [-0.3, -0.25) is 0 Å². The van der Waals surface area contributed by atoms with Crippen LogP contribution in [-0.4, -0.2) is 101 Å². The fourth-order valence-electron chi connectivity index (χ4n) is 3.30. The lowest BCUT2D eigenvalue weighted by atomic mass is 9.84. The van der Waals surface area contributed by atoms with Gasteiger partial charge in [-0.05, 0) is 0 Å². The van der Waals surface area contributed by atoms with E-state index in [1.165, 1.54) is 14.2 Å². The van der Waals surface area contributed by atoms with Gasteiger partial charge in [0.25, 0.3) is 0 Å². The molecule has 1 aliphatic heterocycles. The van der Waals surface area contributed by atoms with Crippen LogP contribution in [0.3, 0.4) is 0 Å². The lowest BCUT2D eigenvalue weighted by Crippen LogP contribution is -2.60. The summed E-state index contributed by atoms with van der Waals surface area (Å²) < 4.78 is 21.6. The second kappa shape index (κ2) is 9.18. The molecule has 9 atom stereocenters. The predicted octanol–water partition coefficient (Wildman–Crippen LogP) is -2.58. The Morgan fingerprint density at radius 2 is 1.85 bits per heavy atom. The lowest BCUT2D eigenvalue weighted by Gasteiger charge is -2.44. The number of rotatable bonds is 5. The van der Waals surface area contributed by atoms with Gasteiger partial charge in [-0.1, -0.05) is 0 Å². The Morgan fingerprint density at radius 1 is 1.15 bits per heavy atom. The Hall–Kier alpha value is -1.13. The molecule has 148 valence electrons. The summed E-state index contributed by atoms with van der Waals surface area (Å²) in [7, 11) is 2.84. The third-order valence-corrected chi connectivity index (χ3v) is 4.79. The molecule has 0 bridgehead atoms. The predicted molar refractivity (Wildman–Crippen MR) is 84.6 cm³/mol. The summed E-state index contributed by atoms with van der Waals surface area (Å²) in [6.07, 6.45) is -9.22. The molecule has 0 aromatic rings. The maximum atomic E-state index is 10.5. The van der Waals surface area contributed by atoms with Crippen molar-refractivity contribution < 1.29 is 44.5 Å². The van der Waals surface area contributed by atoms with E-state index in [0.717, 1.165) is 6.08 Å². The lowest BCUT2D eigenvalue weighted by molar-refractivity contribution is -0.312. The molecule has 2 rings (SSSR count). The molecule has 10 nitrogen and oxygen atoms in total. The fourth-order valence-corrected chi connectivity index (χ4v) is 3.30. The van der Waals surface area contributed by atoms with Crippen LogP contribution in [0.2, 0.25) is 0 Å². The number of aliphatic hydroxyl groups excluding tert-OH is 5. The van der Waals surface area contributed by atoms with E-state index < -0.39 is 61.7 Å². The number of hydrogen-bond acceptors (Lipinski definition) is 10. The molecule has 1 aliphatic carbocycles. The van der Waals surface area contributed by atoms with Gasteiger partial charge in [0, 0.05) is 32.3 Å². The molecule has 1 heterocycles. The third kappa shape index (κ3) is 4.07. The van der Waals surface area contributed by atoms with Crippen LogP contribution in [0.25, 0.3) is 0 Å². The molecule has 1 saturated heterocycles. The molecule has 10 heteroatoms. The van der Waals surface area contributed by atoms with Gasteiger partial charge >= 0.3 is 0 Å². The number of aliphatic hydroxyl groups is 5. The first-order valence-electron chi connectivity index (χ1n) is 8.18. The van der Waals surface area contributed by atoms with Crippen LogP contribution in [0.5, 0.6) is 0 Å². The first-order chi connectivity index (χ1) is 12.4. The van der Waals surface area contributed by atoms with Crippen molar-refractivity contribution in [1.29, 1.82) is 5.26 Å². The van der Waals surface area contributed by atoms with Gasteiger partial charge in [0.2, 0.25) is 0 Å². The second-order valence-corrected chi connectivity index (χ2v) is 6.25. The minimum absolute atomic E-state index is 0.189. The Morgan fingerprint density at radius 3 is 2.38 bits per heavy atom. The SMILES string of the molecule is CO[C@@H]1[C@H](OC)C[C@H](O[C@H]2O[C@@H](CO)[C@@H](O)[C@@H](O)[C@H]2O)/C(=C/C#N)[C@@H]1O. The highest BCUT2D eigenvalue weighted by Gasteiger charge is 2.48. The number of nitriles is 1. The average Bonchev–Trinajstić information content (AvgIpc) is 2.64. The van der Waals surface area contributed by atoms with Gasteiger partial charge in [0.1, 0.15) is 36.6 Å². The van der Waals surface area contributed by atoms with Crippen LogP contribution in [0.15, 0.2) is 11.6 Å². The Balaban J connectivity index is 2.22. The van der Waals surface area contributed by atoms with Gasteiger partial charge < -0.3 is 44.5 Å². The van der Waals surface area contributed by atoms with Crippen LogP contribution in [-0.2, 0) is 18.9 Å². The molecule has 1 saturated carbocycles. The molecule has 0 aromatic carbocycles. The summed E-state index contributed by atoms with van der Waals surface area (Å²) in [5.41, 5.74) is 0.213. The summed E-state index contributed by atoms with van der Waals surface area (Å²) in [5.74, 6) is 0. The maximum Gasteiger partial charge on any atom is 0.187 e. The quantitative estimate of drug-likeness (QED) is 0.323. The van der Waals surface area contributed by atoms with E-state index in [4.69, 9.17) is 24.2 Å². The molecule has 2 fully saturated rings. The van der Waals surface area contributed by atoms with Crippen molar-refractivity contribution >= 4 is 0 Å². The zero-order valence-corrected chi connectivity index (χ0v) is 14.5. The van der Waals surface area contributed by atoms with Crippen LogP contribution in [0.4, 0.5) is 0 Å². The number of hydrogen-bond donors (Lipinski definition) is 5. The highest BCUT2D eigenvalue weighted by atomic mass is 16.7. The van der Waals surface area contributed by atoms with Crippen molar-refractivity contribution in [3.05, 3.63) is 11.6 Å². The van der Waals surface area contributed by atoms with E-state index in [9.17, 15) is 25.5 Å². The molecule has 0 aromatic heterocycles. The topological polar surface area (TPSA) is 162 Å². The van der Waals surface area contributed by atoms with E-state index in [1.54, 1.807) is 0 Å². The van der Waals surface area contributed by atoms with Crippen molar-refractivity contribution in [3.8, 4) is 6.07 Å². The second-order valence-electron chi connectivity index (χ2n) is 6.25. The Kier molecular flexibility index (Phi) is 7.48. The number of methoxy groups -OCH3 is 2. The first kappa shape index (κ1) is 21.2. The van der Waals surface area contributed by atoms with Gasteiger partial charge in [-0.25, -0.2) is 0 Å². The van der Waals surface area contributed by atoms with Crippen molar-refractivity contribution in [2.45, 2.75) is 61.5 Å². The van der Waals surface area contributed by atoms with Gasteiger partial charge in [0.15, 0.2) is 6.29 Å². The summed E-state index contributed by atoms with van der Waals surface area (Å²) in [6.45, 7) is -0.592. The molecule has 0 unspecified atom stereocenters. The van der Waals surface area contributed by atoms with E-state index >= 15 is 0 Å². The number of nitrogens with zero attached hydrogens (tertiary/aromatic N) is 1. The summed E-state index contributed by atoms with van der Waals surface area (Å²) in [5, 5.41) is 58.5. The summed E-state index contributed by atoms with van der Waals surface area (Å²) in [4.78, 5) is 0. The van der Waals surface area contributed by atoms with Crippen molar-refractivity contribution in [1.82, 2.24) is 0 Å². The van der Waals surface area contributed by atoms with Crippen LogP contribution in [0.1, 0.15) is 6.42 Å². The smallest absolute Gasteiger partial charge is 0.187 e. The van der Waals surface area contributed by atoms with E-state index in [-0.39, 0.29) is 12.0 Å². The zero-order valence-electron chi connectivity index (χ0n) is 14.5. The first-order valence-corrected chi connectivity index (χ1v) is 8.18. The molecular weight excluding hydrogens is 350 g/mol. The van der Waals surface area contributed by atoms with Crippen LogP contribution >= 0.6 is 0 Å². The summed E-state index contributed by atoms with van der Waals surface area (Å²) >= 11 is 0. The number of ether oxygens (including phenoxy) is 4. The molecular formula is C16H25NO9. The van der Waals surface area contributed by atoms with Crippen molar-refractivity contribution in [2.75, 3.05) is 20.8 Å². The average molecular weight is 375 g/mol. The highest BCUT2D eigenvalue weighted by molar-refractivity contribution is 5.26. The standard InChI is InChI=1S/C16H25NO9/c1-23-9-5-8(7(3-4-17)11(19)15(9)24-2)25-16-14(22)13(21)12(20)10(6-18)26-16/h3,8-16,18-22H,5-6H2,1-2H3/b7-3-/t8-,9+,10-,11-,12+,13+,14+,15+,16-/m0/s1. The monoisotopic (exact) mass is 375 g/mol. The third-order valence-electron chi connectivity index (χ3n) is 4.79.